The van der Waals surface area contributed by atoms with E-state index in [9.17, 15) is 14.4 Å². The minimum atomic E-state index is -0.978. The Morgan fingerprint density at radius 2 is 1.87 bits per heavy atom. The van der Waals surface area contributed by atoms with Crippen molar-refractivity contribution in [2.75, 3.05) is 5.32 Å². The van der Waals surface area contributed by atoms with Gasteiger partial charge in [0, 0.05) is 28.4 Å². The molecule has 0 aliphatic carbocycles. The number of para-hydroxylation sites is 1. The summed E-state index contributed by atoms with van der Waals surface area (Å²) in [7, 11) is 0. The van der Waals surface area contributed by atoms with E-state index in [1.54, 1.807) is 37.4 Å². The van der Waals surface area contributed by atoms with Crippen LogP contribution in [-0.2, 0) is 4.74 Å². The highest BCUT2D eigenvalue weighted by Crippen LogP contribution is 2.22. The number of esters is 1. The maximum atomic E-state index is 12.8. The zero-order valence-electron chi connectivity index (χ0n) is 17.0. The number of Topliss-reactive ketones (excluding diaryl/α,β-unsaturated/α-hetero) is 1. The Morgan fingerprint density at radius 3 is 2.65 bits per heavy atom. The van der Waals surface area contributed by atoms with Gasteiger partial charge in [0.1, 0.15) is 0 Å². The topological polar surface area (TPSA) is 101 Å². The zero-order valence-corrected chi connectivity index (χ0v) is 17.0. The van der Waals surface area contributed by atoms with Gasteiger partial charge in [0.05, 0.1) is 11.8 Å². The predicted octanol–water partition coefficient (Wildman–Crippen LogP) is 4.75. The molecule has 2 aromatic carbocycles. The average molecular weight is 416 g/mol. The van der Waals surface area contributed by atoms with Gasteiger partial charge in [-0.05, 0) is 49.7 Å². The summed E-state index contributed by atoms with van der Waals surface area (Å²) in [6.07, 6.45) is 2.04. The largest absolute Gasteiger partial charge is 0.459 e. The van der Waals surface area contributed by atoms with E-state index >= 15 is 0 Å². The van der Waals surface area contributed by atoms with E-state index in [4.69, 9.17) is 9.15 Å². The van der Waals surface area contributed by atoms with Crippen molar-refractivity contribution in [2.45, 2.75) is 20.0 Å². The first-order valence-electron chi connectivity index (χ1n) is 9.71. The Labute approximate surface area is 178 Å². The fraction of sp³-hybridized carbons (Fsp3) is 0.125. The molecule has 0 aliphatic rings. The smallest absolute Gasteiger partial charge is 0.338 e. The normalized spacial score (nSPS) is 11.8. The number of carbonyl (C=O) groups excluding carboxylic acids is 3. The maximum Gasteiger partial charge on any atom is 0.338 e. The lowest BCUT2D eigenvalue weighted by molar-refractivity contribution is 0.0319. The van der Waals surface area contributed by atoms with E-state index in [-0.39, 0.29) is 17.1 Å². The molecule has 2 aromatic heterocycles. The van der Waals surface area contributed by atoms with Gasteiger partial charge in [0.25, 0.3) is 5.91 Å². The molecular formula is C24H20N2O5. The summed E-state index contributed by atoms with van der Waals surface area (Å²) in [4.78, 5) is 40.8. The molecule has 7 heteroatoms. The van der Waals surface area contributed by atoms with Crippen molar-refractivity contribution in [3.63, 3.8) is 0 Å². The lowest BCUT2D eigenvalue weighted by Gasteiger charge is -2.13. The highest BCUT2D eigenvalue weighted by molar-refractivity contribution is 6.10. The first-order chi connectivity index (χ1) is 14.9. The summed E-state index contributed by atoms with van der Waals surface area (Å²) in [6.45, 7) is 3.34. The predicted molar refractivity (Wildman–Crippen MR) is 115 cm³/mol. The summed E-state index contributed by atoms with van der Waals surface area (Å²) in [5.41, 5.74) is 2.73. The molecule has 1 amide bonds. The summed E-state index contributed by atoms with van der Waals surface area (Å²) in [6, 6.07) is 15.4. The molecule has 0 spiro atoms. The number of hydrogen-bond acceptors (Lipinski definition) is 5. The molecule has 0 radical (unpaired) electrons. The van der Waals surface area contributed by atoms with Crippen molar-refractivity contribution in [1.29, 1.82) is 0 Å². The number of aromatic nitrogens is 1. The second kappa shape index (κ2) is 8.31. The number of ketones is 1. The van der Waals surface area contributed by atoms with Gasteiger partial charge in [-0.2, -0.15) is 0 Å². The molecule has 7 nitrogen and oxygen atoms in total. The highest BCUT2D eigenvalue weighted by Gasteiger charge is 2.23. The number of H-pyrrole nitrogens is 1. The first-order valence-corrected chi connectivity index (χ1v) is 9.71. The lowest BCUT2D eigenvalue weighted by Crippen LogP contribution is -2.24. The van der Waals surface area contributed by atoms with Gasteiger partial charge in [0.2, 0.25) is 5.78 Å². The number of benzene rings is 2. The standard InChI is InChI=1S/C24H20N2O5/c1-14-9-10-16(12-20(14)26-23(28)21-8-5-11-30-21)24(29)31-15(2)22(27)18-13-25-19-7-4-3-6-17(18)19/h3-13,15,25H,1-2H3,(H,26,28)/t15-/m1/s1. The van der Waals surface area contributed by atoms with Crippen molar-refractivity contribution in [3.05, 3.63) is 89.5 Å². The molecule has 31 heavy (non-hydrogen) atoms. The van der Waals surface area contributed by atoms with Crippen molar-refractivity contribution in [2.24, 2.45) is 0 Å². The van der Waals surface area contributed by atoms with Gasteiger partial charge >= 0.3 is 5.97 Å². The van der Waals surface area contributed by atoms with Crippen LogP contribution in [0.15, 0.2) is 71.5 Å². The van der Waals surface area contributed by atoms with Gasteiger partial charge in [-0.25, -0.2) is 4.79 Å². The molecule has 0 saturated heterocycles. The highest BCUT2D eigenvalue weighted by atomic mass is 16.5. The van der Waals surface area contributed by atoms with E-state index in [0.29, 0.717) is 11.3 Å². The molecular weight excluding hydrogens is 396 g/mol. The molecule has 156 valence electrons. The molecule has 0 bridgehead atoms. The van der Waals surface area contributed by atoms with Crippen LogP contribution in [0, 0.1) is 6.92 Å². The third-order valence-electron chi connectivity index (χ3n) is 4.97. The molecule has 1 atom stereocenters. The maximum absolute atomic E-state index is 12.8. The van der Waals surface area contributed by atoms with Crippen LogP contribution in [0.25, 0.3) is 10.9 Å². The van der Waals surface area contributed by atoms with Gasteiger partial charge in [-0.15, -0.1) is 0 Å². The Hall–Kier alpha value is -4.13. The zero-order chi connectivity index (χ0) is 22.0. The second-order valence-electron chi connectivity index (χ2n) is 7.12. The summed E-state index contributed by atoms with van der Waals surface area (Å²) in [5.74, 6) is -1.23. The molecule has 0 unspecified atom stereocenters. The molecule has 2 N–H and O–H groups in total. The number of amides is 1. The van der Waals surface area contributed by atoms with Crippen LogP contribution in [0.4, 0.5) is 5.69 Å². The number of fused-ring (bicyclic) bond motifs is 1. The first kappa shape index (κ1) is 20.2. The monoisotopic (exact) mass is 416 g/mol. The molecule has 2 heterocycles. The number of furan rings is 1. The van der Waals surface area contributed by atoms with Crippen molar-refractivity contribution < 1.29 is 23.5 Å². The third-order valence-corrected chi connectivity index (χ3v) is 4.97. The number of aromatic amines is 1. The Bertz CT molecular complexity index is 1270. The van der Waals surface area contributed by atoms with Crippen LogP contribution in [0.5, 0.6) is 0 Å². The van der Waals surface area contributed by atoms with Crippen molar-refractivity contribution in [1.82, 2.24) is 4.98 Å². The number of nitrogens with one attached hydrogen (secondary N) is 2. The number of aryl methyl sites for hydroxylation is 1. The lowest BCUT2D eigenvalue weighted by atomic mass is 10.1. The number of hydrogen-bond donors (Lipinski definition) is 2. The Balaban J connectivity index is 1.49. The van der Waals surface area contributed by atoms with E-state index in [1.807, 2.05) is 24.3 Å². The molecule has 0 fully saturated rings. The van der Waals surface area contributed by atoms with Crippen molar-refractivity contribution in [3.8, 4) is 0 Å². The van der Waals surface area contributed by atoms with Crippen LogP contribution in [0.3, 0.4) is 0 Å². The second-order valence-corrected chi connectivity index (χ2v) is 7.12. The quantitative estimate of drug-likeness (QED) is 0.349. The number of anilines is 1. The van der Waals surface area contributed by atoms with Gasteiger partial charge in [-0.3, -0.25) is 9.59 Å². The van der Waals surface area contributed by atoms with Gasteiger partial charge < -0.3 is 19.5 Å². The minimum absolute atomic E-state index is 0.158. The van der Waals surface area contributed by atoms with E-state index in [1.165, 1.54) is 19.3 Å². The fourth-order valence-electron chi connectivity index (χ4n) is 3.25. The van der Waals surface area contributed by atoms with E-state index in [2.05, 4.69) is 10.3 Å². The van der Waals surface area contributed by atoms with Crippen LogP contribution < -0.4 is 5.32 Å². The van der Waals surface area contributed by atoms with Crippen LogP contribution in [0.1, 0.15) is 43.8 Å². The van der Waals surface area contributed by atoms with Crippen molar-refractivity contribution >= 4 is 34.3 Å². The average Bonchev–Trinajstić information content (AvgIpc) is 3.45. The third kappa shape index (κ3) is 4.11. The van der Waals surface area contributed by atoms with Gasteiger partial charge in [-0.1, -0.05) is 24.3 Å². The SMILES string of the molecule is Cc1ccc(C(=O)O[C@H](C)C(=O)c2c[nH]c3ccccc23)cc1NC(=O)c1ccco1. The molecule has 0 saturated carbocycles. The van der Waals surface area contributed by atoms with E-state index < -0.39 is 18.0 Å². The summed E-state index contributed by atoms with van der Waals surface area (Å²) >= 11 is 0. The minimum Gasteiger partial charge on any atom is -0.459 e. The summed E-state index contributed by atoms with van der Waals surface area (Å²) in [5, 5.41) is 3.49. The van der Waals surface area contributed by atoms with Crippen LogP contribution in [-0.4, -0.2) is 28.7 Å². The van der Waals surface area contributed by atoms with E-state index in [0.717, 1.165) is 16.5 Å². The Morgan fingerprint density at radius 1 is 1.06 bits per heavy atom. The fourth-order valence-corrected chi connectivity index (χ4v) is 3.25. The van der Waals surface area contributed by atoms with Gasteiger partial charge in [0.15, 0.2) is 11.9 Å². The molecule has 4 aromatic rings. The number of carbonyl (C=O) groups is 3. The van der Waals surface area contributed by atoms with Crippen LogP contribution in [0.2, 0.25) is 0 Å². The Kier molecular flexibility index (Phi) is 5.41. The number of rotatable bonds is 6. The van der Waals surface area contributed by atoms with Crippen LogP contribution >= 0.6 is 0 Å². The molecule has 0 aliphatic heterocycles. The molecule has 4 rings (SSSR count). The number of ether oxygens (including phenoxy) is 1. The summed E-state index contributed by atoms with van der Waals surface area (Å²) < 4.78 is 10.5.